The molecule has 1 aliphatic rings. The summed E-state index contributed by atoms with van der Waals surface area (Å²) in [6, 6.07) is 2.73. The van der Waals surface area contributed by atoms with Crippen molar-refractivity contribution in [1.29, 1.82) is 0 Å². The summed E-state index contributed by atoms with van der Waals surface area (Å²) in [6.45, 7) is 1.84. The zero-order valence-corrected chi connectivity index (χ0v) is 12.3. The number of hydrogen-bond acceptors (Lipinski definition) is 3. The minimum absolute atomic E-state index is 0.140. The Bertz CT molecular complexity index is 622. The minimum Gasteiger partial charge on any atom is -0.479 e. The molecule has 21 heavy (non-hydrogen) atoms. The van der Waals surface area contributed by atoms with E-state index in [9.17, 15) is 19.5 Å². The van der Waals surface area contributed by atoms with Gasteiger partial charge in [-0.15, -0.1) is 0 Å². The van der Waals surface area contributed by atoms with Gasteiger partial charge in [-0.3, -0.25) is 9.59 Å². The molecule has 1 saturated carbocycles. The fourth-order valence-corrected chi connectivity index (χ4v) is 2.87. The summed E-state index contributed by atoms with van der Waals surface area (Å²) in [5.74, 6) is -1.66. The maximum absolute atomic E-state index is 12.3. The Hall–Kier alpha value is -2.11. The molecule has 1 fully saturated rings. The number of amides is 1. The van der Waals surface area contributed by atoms with Crippen LogP contribution in [0, 0.1) is 5.92 Å². The van der Waals surface area contributed by atoms with E-state index in [-0.39, 0.29) is 17.0 Å². The zero-order valence-electron chi connectivity index (χ0n) is 12.3. The van der Waals surface area contributed by atoms with E-state index in [1.807, 2.05) is 6.92 Å². The van der Waals surface area contributed by atoms with Gasteiger partial charge in [0.15, 0.2) is 0 Å². The summed E-state index contributed by atoms with van der Waals surface area (Å²) in [5.41, 5.74) is -1.35. The number of carboxylic acid groups (broad SMARTS) is 1. The zero-order chi connectivity index (χ0) is 15.6. The maximum atomic E-state index is 12.3. The second kappa shape index (κ2) is 5.71. The largest absolute Gasteiger partial charge is 0.479 e. The summed E-state index contributed by atoms with van der Waals surface area (Å²) in [7, 11) is 1.59. The van der Waals surface area contributed by atoms with Gasteiger partial charge in [0.25, 0.3) is 11.5 Å². The molecule has 0 bridgehead atoms. The Balaban J connectivity index is 2.28. The number of aryl methyl sites for hydroxylation is 1. The molecule has 2 unspecified atom stereocenters. The molecule has 2 rings (SSSR count). The molecule has 0 spiro atoms. The van der Waals surface area contributed by atoms with Crippen molar-refractivity contribution in [2.75, 3.05) is 0 Å². The molecule has 6 nitrogen and oxygen atoms in total. The van der Waals surface area contributed by atoms with Gasteiger partial charge in [0.05, 0.1) is 0 Å². The molecular weight excluding hydrogens is 272 g/mol. The van der Waals surface area contributed by atoms with Gasteiger partial charge >= 0.3 is 5.97 Å². The lowest BCUT2D eigenvalue weighted by Crippen LogP contribution is -2.60. The normalized spacial score (nSPS) is 25.3. The number of nitrogens with one attached hydrogen (secondary N) is 1. The fraction of sp³-hybridized carbons (Fsp3) is 0.533. The third-order valence-electron chi connectivity index (χ3n) is 4.38. The molecule has 1 amide bonds. The Morgan fingerprint density at radius 2 is 2.14 bits per heavy atom. The maximum Gasteiger partial charge on any atom is 0.329 e. The van der Waals surface area contributed by atoms with Gasteiger partial charge in [-0.2, -0.15) is 0 Å². The summed E-state index contributed by atoms with van der Waals surface area (Å²) < 4.78 is 1.35. The van der Waals surface area contributed by atoms with Crippen LogP contribution in [0.4, 0.5) is 0 Å². The number of carbonyl (C=O) groups is 2. The van der Waals surface area contributed by atoms with Crippen LogP contribution in [0.25, 0.3) is 0 Å². The highest BCUT2D eigenvalue weighted by molar-refractivity contribution is 5.97. The average Bonchev–Trinajstić information content (AvgIpc) is 2.44. The first-order chi connectivity index (χ1) is 9.86. The van der Waals surface area contributed by atoms with Crippen molar-refractivity contribution >= 4 is 11.9 Å². The van der Waals surface area contributed by atoms with Gasteiger partial charge in [-0.1, -0.05) is 19.8 Å². The first-order valence-corrected chi connectivity index (χ1v) is 7.09. The van der Waals surface area contributed by atoms with Crippen molar-refractivity contribution in [1.82, 2.24) is 9.88 Å². The monoisotopic (exact) mass is 292 g/mol. The molecule has 0 radical (unpaired) electrons. The summed E-state index contributed by atoms with van der Waals surface area (Å²) in [5, 5.41) is 12.2. The Kier molecular flexibility index (Phi) is 4.16. The molecule has 1 aromatic rings. The van der Waals surface area contributed by atoms with Crippen LogP contribution >= 0.6 is 0 Å². The molecule has 0 saturated heterocycles. The molecule has 2 atom stereocenters. The number of aromatic nitrogens is 1. The SMILES string of the molecule is CC1CCCCC1(NC(=O)c1ccn(C)c(=O)c1)C(=O)O. The average molecular weight is 292 g/mol. The smallest absolute Gasteiger partial charge is 0.329 e. The standard InChI is InChI=1S/C15H20N2O4/c1-10-5-3-4-7-15(10,14(20)21)16-13(19)11-6-8-17(2)12(18)9-11/h6,8-10H,3-5,7H2,1-2H3,(H,16,19)(H,20,21). The van der Waals surface area contributed by atoms with E-state index in [0.717, 1.165) is 19.3 Å². The highest BCUT2D eigenvalue weighted by Gasteiger charge is 2.46. The molecular formula is C15H20N2O4. The van der Waals surface area contributed by atoms with Gasteiger partial charge in [-0.05, 0) is 24.8 Å². The van der Waals surface area contributed by atoms with E-state index in [1.165, 1.54) is 22.9 Å². The lowest BCUT2D eigenvalue weighted by Gasteiger charge is -2.39. The first-order valence-electron chi connectivity index (χ1n) is 7.09. The van der Waals surface area contributed by atoms with Crippen molar-refractivity contribution in [3.63, 3.8) is 0 Å². The van der Waals surface area contributed by atoms with Crippen molar-refractivity contribution in [3.05, 3.63) is 34.2 Å². The predicted molar refractivity (Wildman–Crippen MR) is 77.1 cm³/mol. The topological polar surface area (TPSA) is 88.4 Å². The van der Waals surface area contributed by atoms with Crippen LogP contribution in [0.3, 0.4) is 0 Å². The summed E-state index contributed by atoms with van der Waals surface area (Å²) >= 11 is 0. The number of rotatable bonds is 3. The number of carbonyl (C=O) groups excluding carboxylic acids is 1. The van der Waals surface area contributed by atoms with Crippen molar-refractivity contribution in [3.8, 4) is 0 Å². The van der Waals surface area contributed by atoms with Crippen LogP contribution in [-0.2, 0) is 11.8 Å². The van der Waals surface area contributed by atoms with Gasteiger partial charge in [0, 0.05) is 24.9 Å². The third-order valence-corrected chi connectivity index (χ3v) is 4.38. The number of aliphatic carboxylic acids is 1. The predicted octanol–water partition coefficient (Wildman–Crippen LogP) is 1.15. The third kappa shape index (κ3) is 2.84. The molecule has 114 valence electrons. The van der Waals surface area contributed by atoms with E-state index in [0.29, 0.717) is 6.42 Å². The van der Waals surface area contributed by atoms with Crippen molar-refractivity contribution in [2.24, 2.45) is 13.0 Å². The number of hydrogen-bond donors (Lipinski definition) is 2. The number of carboxylic acids is 1. The van der Waals surface area contributed by atoms with Gasteiger partial charge in [-0.25, -0.2) is 4.79 Å². The number of pyridine rings is 1. The summed E-state index contributed by atoms with van der Waals surface area (Å²) in [6.07, 6.45) is 4.42. The molecule has 0 aromatic carbocycles. The van der Waals surface area contributed by atoms with Crippen LogP contribution < -0.4 is 10.9 Å². The highest BCUT2D eigenvalue weighted by atomic mass is 16.4. The van der Waals surface area contributed by atoms with Gasteiger partial charge < -0.3 is 15.0 Å². The van der Waals surface area contributed by atoms with Crippen LogP contribution in [0.1, 0.15) is 43.0 Å². The van der Waals surface area contributed by atoms with E-state index < -0.39 is 17.4 Å². The van der Waals surface area contributed by atoms with Crippen molar-refractivity contribution < 1.29 is 14.7 Å². The van der Waals surface area contributed by atoms with Crippen molar-refractivity contribution in [2.45, 2.75) is 38.1 Å². The Labute approximate surface area is 122 Å². The number of nitrogens with zero attached hydrogens (tertiary/aromatic N) is 1. The van der Waals surface area contributed by atoms with Gasteiger partial charge in [0.1, 0.15) is 5.54 Å². The van der Waals surface area contributed by atoms with Crippen LogP contribution in [0.2, 0.25) is 0 Å². The molecule has 0 aliphatic heterocycles. The fourth-order valence-electron chi connectivity index (χ4n) is 2.87. The molecule has 1 aromatic heterocycles. The lowest BCUT2D eigenvalue weighted by atomic mass is 9.73. The Morgan fingerprint density at radius 1 is 1.43 bits per heavy atom. The Morgan fingerprint density at radius 3 is 2.71 bits per heavy atom. The molecule has 2 N–H and O–H groups in total. The first kappa shape index (κ1) is 15.3. The van der Waals surface area contributed by atoms with Crippen LogP contribution in [-0.4, -0.2) is 27.1 Å². The highest BCUT2D eigenvalue weighted by Crippen LogP contribution is 2.34. The molecule has 1 aliphatic carbocycles. The lowest BCUT2D eigenvalue weighted by molar-refractivity contribution is -0.148. The van der Waals surface area contributed by atoms with E-state index in [1.54, 1.807) is 7.05 Å². The van der Waals surface area contributed by atoms with Crippen LogP contribution in [0.15, 0.2) is 23.1 Å². The summed E-state index contributed by atoms with van der Waals surface area (Å²) in [4.78, 5) is 35.6. The molecule has 1 heterocycles. The van der Waals surface area contributed by atoms with E-state index in [2.05, 4.69) is 5.32 Å². The molecule has 6 heteroatoms. The second-order valence-electron chi connectivity index (χ2n) is 5.74. The van der Waals surface area contributed by atoms with Gasteiger partial charge in [0.2, 0.25) is 0 Å². The quantitative estimate of drug-likeness (QED) is 0.874. The van der Waals surface area contributed by atoms with Crippen LogP contribution in [0.5, 0.6) is 0 Å². The van der Waals surface area contributed by atoms with E-state index >= 15 is 0 Å². The second-order valence-corrected chi connectivity index (χ2v) is 5.74. The minimum atomic E-state index is -1.24. The van der Waals surface area contributed by atoms with E-state index in [4.69, 9.17) is 0 Å².